The van der Waals surface area contributed by atoms with E-state index < -0.39 is 11.6 Å². The molecule has 3 rings (SSSR count). The van der Waals surface area contributed by atoms with Crippen molar-refractivity contribution in [3.8, 4) is 5.75 Å². The van der Waals surface area contributed by atoms with Crippen molar-refractivity contribution in [1.29, 1.82) is 0 Å². The van der Waals surface area contributed by atoms with Gasteiger partial charge in [-0.05, 0) is 67.1 Å². The first-order valence-electron chi connectivity index (χ1n) is 10.9. The van der Waals surface area contributed by atoms with Crippen LogP contribution < -0.4 is 9.64 Å². The number of ether oxygens (including phenoxy) is 1. The van der Waals surface area contributed by atoms with Crippen LogP contribution in [0.4, 0.5) is 5.95 Å². The average molecular weight is 470 g/mol. The Balaban J connectivity index is 1.72. The smallest absolute Gasteiger partial charge is 0.347 e. The van der Waals surface area contributed by atoms with Crippen molar-refractivity contribution in [3.63, 3.8) is 0 Å². The summed E-state index contributed by atoms with van der Waals surface area (Å²) < 4.78 is 11.0. The highest BCUT2D eigenvalue weighted by atomic mass is 32.2. The molecule has 8 heteroatoms. The molecule has 1 aromatic heterocycles. The Bertz CT molecular complexity index is 1050. The average Bonchev–Trinajstić information content (AvgIpc) is 3.28. The largest absolute Gasteiger partial charge is 0.478 e. The second-order valence-corrected chi connectivity index (χ2v) is 9.55. The van der Waals surface area contributed by atoms with E-state index in [1.165, 1.54) is 24.3 Å². The maximum atomic E-state index is 11.3. The summed E-state index contributed by atoms with van der Waals surface area (Å²) in [6, 6.07) is 16.0. The second kappa shape index (κ2) is 10.7. The molecule has 33 heavy (non-hydrogen) atoms. The molecule has 0 aliphatic heterocycles. The van der Waals surface area contributed by atoms with Crippen LogP contribution >= 0.6 is 11.8 Å². The molecular formula is C25H31N3O4S. The third-order valence-corrected chi connectivity index (χ3v) is 5.97. The number of hydrogen-bond donors (Lipinski definition) is 1. The van der Waals surface area contributed by atoms with Gasteiger partial charge in [-0.3, -0.25) is 0 Å². The first-order chi connectivity index (χ1) is 15.7. The zero-order chi connectivity index (χ0) is 24.0. The van der Waals surface area contributed by atoms with Crippen molar-refractivity contribution < 1.29 is 19.2 Å². The number of carboxylic acids is 1. The Labute approximate surface area is 199 Å². The van der Waals surface area contributed by atoms with Crippen molar-refractivity contribution in [3.05, 3.63) is 65.5 Å². The van der Waals surface area contributed by atoms with Crippen LogP contribution in [0.1, 0.15) is 50.6 Å². The van der Waals surface area contributed by atoms with E-state index in [0.29, 0.717) is 30.7 Å². The molecule has 0 radical (unpaired) electrons. The molecule has 0 aliphatic rings. The molecule has 0 fully saturated rings. The van der Waals surface area contributed by atoms with Crippen LogP contribution in [-0.4, -0.2) is 39.6 Å². The van der Waals surface area contributed by atoms with E-state index >= 15 is 0 Å². The Morgan fingerprint density at radius 2 is 1.76 bits per heavy atom. The summed E-state index contributed by atoms with van der Waals surface area (Å²) in [7, 11) is 0. The van der Waals surface area contributed by atoms with Gasteiger partial charge in [0.1, 0.15) is 5.75 Å². The predicted octanol–water partition coefficient (Wildman–Crippen LogP) is 5.41. The van der Waals surface area contributed by atoms with Crippen molar-refractivity contribution in [2.75, 3.05) is 17.7 Å². The van der Waals surface area contributed by atoms with Crippen LogP contribution in [0.3, 0.4) is 0 Å². The van der Waals surface area contributed by atoms with E-state index in [1.807, 2.05) is 26.0 Å². The van der Waals surface area contributed by atoms with Gasteiger partial charge in [-0.15, -0.1) is 11.8 Å². The normalized spacial score (nSPS) is 11.6. The van der Waals surface area contributed by atoms with Gasteiger partial charge >= 0.3 is 5.97 Å². The first-order valence-corrected chi connectivity index (χ1v) is 12.1. The molecular weight excluding hydrogens is 438 g/mol. The van der Waals surface area contributed by atoms with E-state index in [1.54, 1.807) is 23.9 Å². The zero-order valence-corrected chi connectivity index (χ0v) is 20.6. The van der Waals surface area contributed by atoms with Crippen molar-refractivity contribution >= 4 is 23.7 Å². The number of benzene rings is 2. The number of anilines is 1. The first kappa shape index (κ1) is 24.6. The minimum absolute atomic E-state index is 0.163. The van der Waals surface area contributed by atoms with E-state index in [4.69, 9.17) is 9.26 Å². The number of rotatable bonds is 11. The van der Waals surface area contributed by atoms with Crippen LogP contribution in [0, 0.1) is 0 Å². The summed E-state index contributed by atoms with van der Waals surface area (Å²) in [5.74, 6) is 0.882. The number of aliphatic carboxylic acids is 1. The molecule has 1 heterocycles. The van der Waals surface area contributed by atoms with Gasteiger partial charge < -0.3 is 19.3 Å². The third-order valence-electron chi connectivity index (χ3n) is 5.22. The number of carbonyl (C=O) groups is 1. The van der Waals surface area contributed by atoms with Gasteiger partial charge in [0.15, 0.2) is 5.60 Å². The van der Waals surface area contributed by atoms with E-state index in [2.05, 4.69) is 45.6 Å². The van der Waals surface area contributed by atoms with Crippen molar-refractivity contribution in [2.45, 2.75) is 57.1 Å². The van der Waals surface area contributed by atoms with Gasteiger partial charge in [-0.2, -0.15) is 4.98 Å². The summed E-state index contributed by atoms with van der Waals surface area (Å²) >= 11 is 1.72. The maximum Gasteiger partial charge on any atom is 0.347 e. The monoisotopic (exact) mass is 469 g/mol. The minimum Gasteiger partial charge on any atom is -0.478 e. The Kier molecular flexibility index (Phi) is 8.02. The zero-order valence-electron chi connectivity index (χ0n) is 19.7. The molecule has 0 bridgehead atoms. The molecule has 0 atom stereocenters. The summed E-state index contributed by atoms with van der Waals surface area (Å²) in [5.41, 5.74) is 0.991. The fourth-order valence-corrected chi connectivity index (χ4v) is 3.53. The molecule has 0 amide bonds. The molecule has 3 aromatic rings. The van der Waals surface area contributed by atoms with Crippen LogP contribution in [0.5, 0.6) is 5.75 Å². The number of aromatic nitrogens is 2. The topological polar surface area (TPSA) is 88.7 Å². The highest BCUT2D eigenvalue weighted by molar-refractivity contribution is 7.98. The van der Waals surface area contributed by atoms with Crippen LogP contribution in [0.2, 0.25) is 0 Å². The van der Waals surface area contributed by atoms with Crippen LogP contribution in [-0.2, 0) is 17.8 Å². The van der Waals surface area contributed by atoms with Gasteiger partial charge in [0.25, 0.3) is 5.95 Å². The Hall–Kier alpha value is -3.00. The fourth-order valence-electron chi connectivity index (χ4n) is 3.12. The van der Waals surface area contributed by atoms with E-state index in [-0.39, 0.29) is 5.92 Å². The van der Waals surface area contributed by atoms with Crippen molar-refractivity contribution in [1.82, 2.24) is 10.1 Å². The lowest BCUT2D eigenvalue weighted by molar-refractivity contribution is -0.152. The molecule has 1 N–H and O–H groups in total. The van der Waals surface area contributed by atoms with Gasteiger partial charge in [-0.1, -0.05) is 38.1 Å². The Morgan fingerprint density at radius 3 is 2.30 bits per heavy atom. The van der Waals surface area contributed by atoms with E-state index in [0.717, 1.165) is 12.0 Å². The lowest BCUT2D eigenvalue weighted by atomic mass is 10.1. The molecule has 0 saturated heterocycles. The maximum absolute atomic E-state index is 11.3. The lowest BCUT2D eigenvalue weighted by Gasteiger charge is -2.22. The van der Waals surface area contributed by atoms with Gasteiger partial charge in [0, 0.05) is 23.9 Å². The van der Waals surface area contributed by atoms with Crippen LogP contribution in [0.15, 0.2) is 57.9 Å². The number of hydrogen-bond acceptors (Lipinski definition) is 7. The predicted molar refractivity (Wildman–Crippen MR) is 130 cm³/mol. The van der Waals surface area contributed by atoms with Crippen molar-refractivity contribution in [2.24, 2.45) is 0 Å². The Morgan fingerprint density at radius 1 is 1.12 bits per heavy atom. The van der Waals surface area contributed by atoms with Crippen LogP contribution in [0.25, 0.3) is 0 Å². The SMILES string of the molecule is CSc1ccc(CN(CCc2ccc(OC(C)(C)C(=O)O)cc2)c2noc(C(C)C)n2)cc1. The molecule has 0 aliphatic carbocycles. The summed E-state index contributed by atoms with van der Waals surface area (Å²) in [6.45, 7) is 8.48. The molecule has 7 nitrogen and oxygen atoms in total. The molecule has 0 spiro atoms. The molecule has 2 aromatic carbocycles. The van der Waals surface area contributed by atoms with Gasteiger partial charge in [-0.25, -0.2) is 4.79 Å². The molecule has 0 unspecified atom stereocenters. The number of nitrogens with zero attached hydrogens (tertiary/aromatic N) is 3. The third kappa shape index (κ3) is 6.74. The summed E-state index contributed by atoms with van der Waals surface area (Å²) in [4.78, 5) is 19.2. The van der Waals surface area contributed by atoms with Gasteiger partial charge in [0.2, 0.25) is 5.89 Å². The standard InChI is InChI=1S/C25H31N3O4S/c1-17(2)22-26-24(27-32-22)28(16-19-8-12-21(33-5)13-9-19)15-14-18-6-10-20(11-7-18)31-25(3,4)23(29)30/h6-13,17H,14-16H2,1-5H3,(H,29,30). The molecule has 0 saturated carbocycles. The summed E-state index contributed by atoms with van der Waals surface area (Å²) in [5, 5.41) is 13.5. The van der Waals surface area contributed by atoms with Gasteiger partial charge in [0.05, 0.1) is 0 Å². The minimum atomic E-state index is -1.28. The van der Waals surface area contributed by atoms with E-state index in [9.17, 15) is 9.90 Å². The summed E-state index contributed by atoms with van der Waals surface area (Å²) in [6.07, 6.45) is 2.82. The highest BCUT2D eigenvalue weighted by Gasteiger charge is 2.29. The second-order valence-electron chi connectivity index (χ2n) is 8.67. The number of carboxylic acid groups (broad SMARTS) is 1. The fraction of sp³-hybridized carbons (Fsp3) is 0.400. The number of thioether (sulfide) groups is 1. The quantitative estimate of drug-likeness (QED) is 0.373. The molecule has 176 valence electrons. The highest BCUT2D eigenvalue weighted by Crippen LogP contribution is 2.22. The lowest BCUT2D eigenvalue weighted by Crippen LogP contribution is -2.37.